The Hall–Kier alpha value is -2.12. The molecule has 0 amide bonds. The fourth-order valence-corrected chi connectivity index (χ4v) is 1.50. The Morgan fingerprint density at radius 3 is 2.68 bits per heavy atom. The highest BCUT2D eigenvalue weighted by molar-refractivity contribution is 5.67. The number of ether oxygens (including phenoxy) is 3. The van der Waals surface area contributed by atoms with E-state index in [0.29, 0.717) is 5.75 Å². The van der Waals surface area contributed by atoms with Crippen LogP contribution in [0.3, 0.4) is 0 Å². The second-order valence-corrected chi connectivity index (χ2v) is 3.76. The minimum atomic E-state index is -4.77. The zero-order chi connectivity index (χ0) is 14.0. The average molecular weight is 278 g/mol. The van der Waals surface area contributed by atoms with Crippen LogP contribution in [-0.2, 0) is 4.79 Å². The molecule has 104 valence electrons. The lowest BCUT2D eigenvalue weighted by atomic mass is 10.2. The zero-order valence-corrected chi connectivity index (χ0v) is 9.44. The number of aliphatic carboxylic acids is 1. The van der Waals surface area contributed by atoms with Gasteiger partial charge in [0.05, 0.1) is 6.42 Å². The number of fused-ring (bicyclic) bond motifs is 1. The van der Waals surface area contributed by atoms with Crippen molar-refractivity contribution in [1.82, 2.24) is 0 Å². The van der Waals surface area contributed by atoms with E-state index in [9.17, 15) is 18.0 Å². The first-order valence-corrected chi connectivity index (χ1v) is 5.21. The van der Waals surface area contributed by atoms with Gasteiger partial charge in [-0.15, -0.1) is 0 Å². The molecule has 0 bridgehead atoms. The van der Waals surface area contributed by atoms with Gasteiger partial charge in [0, 0.05) is 6.07 Å². The Kier molecular flexibility index (Phi) is 3.41. The molecule has 1 aromatic carbocycles. The van der Waals surface area contributed by atoms with Crippen molar-refractivity contribution in [2.45, 2.75) is 18.7 Å². The topological polar surface area (TPSA) is 65.0 Å². The van der Waals surface area contributed by atoms with Gasteiger partial charge in [0.15, 0.2) is 11.5 Å². The Morgan fingerprint density at radius 1 is 1.37 bits per heavy atom. The van der Waals surface area contributed by atoms with Gasteiger partial charge in [0.25, 0.3) is 0 Å². The van der Waals surface area contributed by atoms with Crippen molar-refractivity contribution in [3.05, 3.63) is 18.2 Å². The second-order valence-electron chi connectivity index (χ2n) is 3.76. The SMILES string of the molecule is O=C(O)CC(Oc1ccc2c(c1)OCO2)C(F)(F)F. The first kappa shape index (κ1) is 13.3. The number of hydrogen-bond donors (Lipinski definition) is 1. The number of hydrogen-bond acceptors (Lipinski definition) is 4. The lowest BCUT2D eigenvalue weighted by molar-refractivity contribution is -0.200. The van der Waals surface area contributed by atoms with E-state index in [1.165, 1.54) is 18.2 Å². The molecule has 1 aliphatic heterocycles. The van der Waals surface area contributed by atoms with Crippen molar-refractivity contribution in [3.8, 4) is 17.2 Å². The monoisotopic (exact) mass is 278 g/mol. The number of carboxylic acid groups (broad SMARTS) is 1. The van der Waals surface area contributed by atoms with Gasteiger partial charge in [-0.1, -0.05) is 0 Å². The van der Waals surface area contributed by atoms with E-state index in [2.05, 4.69) is 4.74 Å². The van der Waals surface area contributed by atoms with Crippen LogP contribution in [0.1, 0.15) is 6.42 Å². The van der Waals surface area contributed by atoms with Crippen molar-refractivity contribution >= 4 is 5.97 Å². The van der Waals surface area contributed by atoms with Gasteiger partial charge in [-0.25, -0.2) is 0 Å². The van der Waals surface area contributed by atoms with Crippen LogP contribution in [-0.4, -0.2) is 30.1 Å². The summed E-state index contributed by atoms with van der Waals surface area (Å²) >= 11 is 0. The summed E-state index contributed by atoms with van der Waals surface area (Å²) in [5.74, 6) is -1.07. The summed E-state index contributed by atoms with van der Waals surface area (Å²) < 4.78 is 52.4. The Labute approximate surface area is 105 Å². The molecule has 0 aromatic heterocycles. The molecule has 0 fully saturated rings. The van der Waals surface area contributed by atoms with Crippen LogP contribution in [0.15, 0.2) is 18.2 Å². The van der Waals surface area contributed by atoms with Gasteiger partial charge in [-0.2, -0.15) is 13.2 Å². The summed E-state index contributed by atoms with van der Waals surface area (Å²) in [4.78, 5) is 10.4. The van der Waals surface area contributed by atoms with Crippen molar-refractivity contribution in [3.63, 3.8) is 0 Å². The fraction of sp³-hybridized carbons (Fsp3) is 0.364. The largest absolute Gasteiger partial charge is 0.481 e. The molecule has 0 saturated carbocycles. The van der Waals surface area contributed by atoms with Crippen LogP contribution in [0.25, 0.3) is 0 Å². The quantitative estimate of drug-likeness (QED) is 0.914. The summed E-state index contributed by atoms with van der Waals surface area (Å²) in [6.07, 6.45) is -8.35. The van der Waals surface area contributed by atoms with Crippen LogP contribution in [0.5, 0.6) is 17.2 Å². The molecule has 19 heavy (non-hydrogen) atoms. The molecule has 1 aromatic rings. The minimum Gasteiger partial charge on any atom is -0.481 e. The number of halogens is 3. The maximum Gasteiger partial charge on any atom is 0.425 e. The number of rotatable bonds is 4. The van der Waals surface area contributed by atoms with E-state index < -0.39 is 24.7 Å². The van der Waals surface area contributed by atoms with Gasteiger partial charge < -0.3 is 19.3 Å². The Bertz CT molecular complexity index is 486. The fourth-order valence-electron chi connectivity index (χ4n) is 1.50. The summed E-state index contributed by atoms with van der Waals surface area (Å²) in [5.41, 5.74) is 0. The molecular formula is C11H9F3O5. The molecule has 1 heterocycles. The van der Waals surface area contributed by atoms with E-state index in [4.69, 9.17) is 14.6 Å². The number of alkyl halides is 3. The molecule has 0 aliphatic carbocycles. The van der Waals surface area contributed by atoms with Crippen molar-refractivity contribution in [2.75, 3.05) is 6.79 Å². The van der Waals surface area contributed by atoms with Crippen LogP contribution in [0.4, 0.5) is 13.2 Å². The normalized spacial score (nSPS) is 15.1. The third kappa shape index (κ3) is 3.21. The molecule has 1 unspecified atom stereocenters. The van der Waals surface area contributed by atoms with E-state index in [-0.39, 0.29) is 18.3 Å². The highest BCUT2D eigenvalue weighted by Gasteiger charge is 2.43. The molecule has 8 heteroatoms. The van der Waals surface area contributed by atoms with E-state index in [1.54, 1.807) is 0 Å². The van der Waals surface area contributed by atoms with Gasteiger partial charge in [-0.3, -0.25) is 4.79 Å². The summed E-state index contributed by atoms with van der Waals surface area (Å²) in [5, 5.41) is 8.46. The molecule has 5 nitrogen and oxygen atoms in total. The first-order valence-electron chi connectivity index (χ1n) is 5.21. The van der Waals surface area contributed by atoms with E-state index in [0.717, 1.165) is 0 Å². The lowest BCUT2D eigenvalue weighted by Crippen LogP contribution is -2.36. The third-order valence-electron chi connectivity index (χ3n) is 2.35. The maximum absolute atomic E-state index is 12.6. The minimum absolute atomic E-state index is 0.0173. The average Bonchev–Trinajstić information content (AvgIpc) is 2.73. The lowest BCUT2D eigenvalue weighted by Gasteiger charge is -2.20. The van der Waals surface area contributed by atoms with Crippen LogP contribution in [0.2, 0.25) is 0 Å². The van der Waals surface area contributed by atoms with Crippen molar-refractivity contribution in [1.29, 1.82) is 0 Å². The Balaban J connectivity index is 2.15. The number of benzene rings is 1. The molecule has 0 saturated heterocycles. The van der Waals surface area contributed by atoms with Crippen LogP contribution in [0, 0.1) is 0 Å². The third-order valence-corrected chi connectivity index (χ3v) is 2.35. The summed E-state index contributed by atoms with van der Waals surface area (Å²) in [6, 6.07) is 3.88. The number of carbonyl (C=O) groups is 1. The van der Waals surface area contributed by atoms with Gasteiger partial charge >= 0.3 is 12.1 Å². The van der Waals surface area contributed by atoms with Crippen molar-refractivity contribution in [2.24, 2.45) is 0 Å². The first-order chi connectivity index (χ1) is 8.86. The predicted molar refractivity (Wildman–Crippen MR) is 55.3 cm³/mol. The molecule has 1 atom stereocenters. The highest BCUT2D eigenvalue weighted by Crippen LogP contribution is 2.36. The van der Waals surface area contributed by atoms with Crippen LogP contribution >= 0.6 is 0 Å². The van der Waals surface area contributed by atoms with Crippen LogP contribution < -0.4 is 14.2 Å². The summed E-state index contributed by atoms with van der Waals surface area (Å²) in [7, 11) is 0. The standard InChI is InChI=1S/C11H9F3O5/c12-11(13,14)9(4-10(15)16)19-6-1-2-7-8(3-6)18-5-17-7/h1-3,9H,4-5H2,(H,15,16). The molecule has 1 aliphatic rings. The van der Waals surface area contributed by atoms with Gasteiger partial charge in [0.2, 0.25) is 12.9 Å². The Morgan fingerprint density at radius 2 is 2.05 bits per heavy atom. The molecular weight excluding hydrogens is 269 g/mol. The molecule has 0 radical (unpaired) electrons. The number of carboxylic acids is 1. The zero-order valence-electron chi connectivity index (χ0n) is 9.44. The van der Waals surface area contributed by atoms with Gasteiger partial charge in [-0.05, 0) is 12.1 Å². The smallest absolute Gasteiger partial charge is 0.425 e. The predicted octanol–water partition coefficient (Wildman–Crippen LogP) is 2.20. The molecule has 1 N–H and O–H groups in total. The summed E-state index contributed by atoms with van der Waals surface area (Å²) in [6.45, 7) is -0.0173. The molecule has 2 rings (SSSR count). The van der Waals surface area contributed by atoms with Gasteiger partial charge in [0.1, 0.15) is 5.75 Å². The second kappa shape index (κ2) is 4.87. The van der Waals surface area contributed by atoms with E-state index >= 15 is 0 Å². The maximum atomic E-state index is 12.6. The van der Waals surface area contributed by atoms with Crippen molar-refractivity contribution < 1.29 is 37.3 Å². The highest BCUT2D eigenvalue weighted by atomic mass is 19.4. The van der Waals surface area contributed by atoms with E-state index in [1.807, 2.05) is 0 Å². The molecule has 0 spiro atoms.